The Morgan fingerprint density at radius 1 is 0.895 bits per heavy atom. The van der Waals surface area contributed by atoms with Crippen molar-refractivity contribution in [2.24, 2.45) is 0 Å². The molecule has 0 atom stereocenters. The van der Waals surface area contributed by atoms with Crippen molar-refractivity contribution in [3.63, 3.8) is 0 Å². The van der Waals surface area contributed by atoms with Gasteiger partial charge in [0, 0.05) is 35.2 Å². The van der Waals surface area contributed by atoms with Gasteiger partial charge in [-0.05, 0) is 23.9 Å². The topological polar surface area (TPSA) is 38.7 Å². The lowest BCUT2D eigenvalue weighted by Gasteiger charge is -2.07. The van der Waals surface area contributed by atoms with Gasteiger partial charge in [0.15, 0.2) is 0 Å². The second-order valence-corrected chi connectivity index (χ2v) is 3.92. The maximum absolute atomic E-state index is 4.24. The molecule has 0 aliphatic rings. The van der Waals surface area contributed by atoms with Crippen LogP contribution in [0, 0.1) is 6.92 Å². The highest BCUT2D eigenvalue weighted by Gasteiger charge is 2.06. The third kappa shape index (κ3) is 2.60. The van der Waals surface area contributed by atoms with Crippen molar-refractivity contribution in [3.05, 3.63) is 54.9 Å². The first-order valence-electron chi connectivity index (χ1n) is 6.46. The summed E-state index contributed by atoms with van der Waals surface area (Å²) in [5.74, 6) is 0. The Morgan fingerprint density at radius 3 is 2.53 bits per heavy atom. The number of aryl methyl sites for hydroxylation is 1. The van der Waals surface area contributed by atoms with Gasteiger partial charge in [-0.25, -0.2) is 9.97 Å². The van der Waals surface area contributed by atoms with Crippen molar-refractivity contribution in [1.29, 1.82) is 0 Å². The van der Waals surface area contributed by atoms with Crippen LogP contribution in [0.3, 0.4) is 0 Å². The third-order valence-electron chi connectivity index (χ3n) is 2.88. The zero-order chi connectivity index (χ0) is 13.7. The highest BCUT2D eigenvalue weighted by molar-refractivity contribution is 5.96. The van der Waals surface area contributed by atoms with Gasteiger partial charge in [-0.2, -0.15) is 0 Å². The third-order valence-corrected chi connectivity index (χ3v) is 2.88. The van der Waals surface area contributed by atoms with Gasteiger partial charge in [-0.3, -0.25) is 4.98 Å². The molecule has 0 radical (unpaired) electrons. The predicted octanol–water partition coefficient (Wildman–Crippen LogP) is 4.03. The maximum atomic E-state index is 4.24. The molecule has 2 aromatic heterocycles. The van der Waals surface area contributed by atoms with E-state index >= 15 is 0 Å². The summed E-state index contributed by atoms with van der Waals surface area (Å²) in [6, 6.07) is 8.21. The van der Waals surface area contributed by atoms with E-state index in [0.717, 1.165) is 22.2 Å². The molecule has 0 unspecified atom stereocenters. The Balaban J connectivity index is 0.000000637. The van der Waals surface area contributed by atoms with E-state index in [1.165, 1.54) is 5.39 Å². The molecule has 0 N–H and O–H groups in total. The van der Waals surface area contributed by atoms with Crippen molar-refractivity contribution < 1.29 is 0 Å². The van der Waals surface area contributed by atoms with Crippen LogP contribution in [0.25, 0.3) is 21.9 Å². The van der Waals surface area contributed by atoms with E-state index in [-0.39, 0.29) is 0 Å². The average molecular weight is 251 g/mol. The van der Waals surface area contributed by atoms with Crippen LogP contribution in [0.5, 0.6) is 0 Å². The first kappa shape index (κ1) is 13.1. The minimum atomic E-state index is 0.990. The van der Waals surface area contributed by atoms with Gasteiger partial charge in [0.1, 0.15) is 6.33 Å². The van der Waals surface area contributed by atoms with Gasteiger partial charge in [-0.1, -0.05) is 32.0 Å². The van der Waals surface area contributed by atoms with Gasteiger partial charge < -0.3 is 0 Å². The molecule has 3 nitrogen and oxygen atoms in total. The van der Waals surface area contributed by atoms with Crippen LogP contribution in [0.2, 0.25) is 0 Å². The molecule has 3 rings (SSSR count). The number of aromatic nitrogens is 3. The molecule has 3 aromatic rings. The summed E-state index contributed by atoms with van der Waals surface area (Å²) < 4.78 is 0. The number of hydrogen-bond donors (Lipinski definition) is 0. The molecule has 1 aromatic carbocycles. The molecule has 0 aliphatic heterocycles. The summed E-state index contributed by atoms with van der Waals surface area (Å²) in [7, 11) is 0. The van der Waals surface area contributed by atoms with Crippen LogP contribution in [-0.2, 0) is 0 Å². The normalized spacial score (nSPS) is 9.84. The predicted molar refractivity (Wildman–Crippen MR) is 78.9 cm³/mol. The summed E-state index contributed by atoms with van der Waals surface area (Å²) in [5.41, 5.74) is 3.22. The second-order valence-electron chi connectivity index (χ2n) is 3.92. The molecule has 0 saturated heterocycles. The van der Waals surface area contributed by atoms with Crippen LogP contribution in [0.15, 0.2) is 49.2 Å². The molecule has 0 amide bonds. The lowest BCUT2D eigenvalue weighted by Crippen LogP contribution is -1.90. The zero-order valence-electron chi connectivity index (χ0n) is 11.5. The van der Waals surface area contributed by atoms with Gasteiger partial charge in [0.05, 0.1) is 0 Å². The van der Waals surface area contributed by atoms with E-state index in [2.05, 4.69) is 27.1 Å². The molecule has 0 spiro atoms. The SMILES string of the molecule is CC.Cc1ncncc1-c1cccc2cnccc12. The quantitative estimate of drug-likeness (QED) is 0.655. The van der Waals surface area contributed by atoms with Crippen LogP contribution < -0.4 is 0 Å². The molecule has 0 saturated carbocycles. The van der Waals surface area contributed by atoms with Gasteiger partial charge >= 0.3 is 0 Å². The Bertz CT molecular complexity index is 672. The van der Waals surface area contributed by atoms with E-state index in [1.54, 1.807) is 6.33 Å². The lowest BCUT2D eigenvalue weighted by molar-refractivity contribution is 1.11. The number of pyridine rings is 1. The standard InChI is InChI=1S/C14H11N3.C2H6/c1-10-14(8-16-9-17-10)13-4-2-3-11-7-15-6-5-12(11)13;1-2/h2-9H,1H3;1-2H3. The molecule has 96 valence electrons. The van der Waals surface area contributed by atoms with E-state index < -0.39 is 0 Å². The molecule has 19 heavy (non-hydrogen) atoms. The van der Waals surface area contributed by atoms with E-state index in [1.807, 2.05) is 51.5 Å². The van der Waals surface area contributed by atoms with Crippen molar-refractivity contribution in [2.75, 3.05) is 0 Å². The maximum Gasteiger partial charge on any atom is 0.115 e. The zero-order valence-corrected chi connectivity index (χ0v) is 11.5. The average Bonchev–Trinajstić information content (AvgIpc) is 2.49. The molecular weight excluding hydrogens is 234 g/mol. The Labute approximate surface area is 113 Å². The molecule has 0 bridgehead atoms. The van der Waals surface area contributed by atoms with E-state index in [9.17, 15) is 0 Å². The van der Waals surface area contributed by atoms with Crippen molar-refractivity contribution in [1.82, 2.24) is 15.0 Å². The fourth-order valence-corrected chi connectivity index (χ4v) is 2.01. The number of nitrogens with zero attached hydrogens (tertiary/aromatic N) is 3. The van der Waals surface area contributed by atoms with Crippen LogP contribution >= 0.6 is 0 Å². The van der Waals surface area contributed by atoms with E-state index in [4.69, 9.17) is 0 Å². The molecular formula is C16H17N3. The Morgan fingerprint density at radius 2 is 1.74 bits per heavy atom. The summed E-state index contributed by atoms with van der Waals surface area (Å²) >= 11 is 0. The van der Waals surface area contributed by atoms with Gasteiger partial charge in [-0.15, -0.1) is 0 Å². The fourth-order valence-electron chi connectivity index (χ4n) is 2.01. The molecule has 2 heterocycles. The number of rotatable bonds is 1. The minimum Gasteiger partial charge on any atom is -0.264 e. The van der Waals surface area contributed by atoms with Gasteiger partial charge in [0.25, 0.3) is 0 Å². The number of hydrogen-bond acceptors (Lipinski definition) is 3. The van der Waals surface area contributed by atoms with Crippen LogP contribution in [0.1, 0.15) is 19.5 Å². The largest absolute Gasteiger partial charge is 0.264 e. The van der Waals surface area contributed by atoms with Crippen molar-refractivity contribution in [2.45, 2.75) is 20.8 Å². The first-order valence-corrected chi connectivity index (χ1v) is 6.46. The summed E-state index contributed by atoms with van der Waals surface area (Å²) in [4.78, 5) is 12.5. The van der Waals surface area contributed by atoms with Crippen molar-refractivity contribution >= 4 is 10.8 Å². The summed E-state index contributed by atoms with van der Waals surface area (Å²) in [5, 5.41) is 2.31. The summed E-state index contributed by atoms with van der Waals surface area (Å²) in [6.45, 7) is 6.00. The monoisotopic (exact) mass is 251 g/mol. The van der Waals surface area contributed by atoms with Gasteiger partial charge in [0.2, 0.25) is 0 Å². The van der Waals surface area contributed by atoms with Crippen LogP contribution in [0.4, 0.5) is 0 Å². The van der Waals surface area contributed by atoms with E-state index in [0.29, 0.717) is 0 Å². The molecule has 0 fully saturated rings. The highest BCUT2D eigenvalue weighted by Crippen LogP contribution is 2.28. The number of fused-ring (bicyclic) bond motifs is 1. The lowest BCUT2D eigenvalue weighted by atomic mass is 10.00. The van der Waals surface area contributed by atoms with Crippen LogP contribution in [-0.4, -0.2) is 15.0 Å². The fraction of sp³-hybridized carbons (Fsp3) is 0.188. The summed E-state index contributed by atoms with van der Waals surface area (Å²) in [6.07, 6.45) is 7.12. The Hall–Kier alpha value is -2.29. The molecule has 3 heteroatoms. The minimum absolute atomic E-state index is 0.990. The second kappa shape index (κ2) is 6.05. The van der Waals surface area contributed by atoms with Crippen molar-refractivity contribution in [3.8, 4) is 11.1 Å². The smallest absolute Gasteiger partial charge is 0.115 e. The number of benzene rings is 1. The Kier molecular flexibility index (Phi) is 4.18. The highest BCUT2D eigenvalue weighted by atomic mass is 14.8. The first-order chi connectivity index (χ1) is 9.36. The molecule has 0 aliphatic carbocycles.